The first-order valence-electron chi connectivity index (χ1n) is 7.11. The lowest BCUT2D eigenvalue weighted by Gasteiger charge is -2.23. The molecule has 5 nitrogen and oxygen atoms in total. The maximum atomic E-state index is 10.2. The van der Waals surface area contributed by atoms with Crippen LogP contribution in [-0.2, 0) is 13.0 Å². The lowest BCUT2D eigenvalue weighted by molar-refractivity contribution is 0.168. The van der Waals surface area contributed by atoms with Crippen molar-refractivity contribution in [1.29, 1.82) is 0 Å². The number of rotatable bonds is 3. The molecule has 1 aliphatic heterocycles. The van der Waals surface area contributed by atoms with Crippen molar-refractivity contribution in [2.24, 2.45) is 0 Å². The molecule has 1 N–H and O–H groups in total. The van der Waals surface area contributed by atoms with Crippen molar-refractivity contribution in [3.63, 3.8) is 0 Å². The highest BCUT2D eigenvalue weighted by molar-refractivity contribution is 5.55. The van der Waals surface area contributed by atoms with E-state index in [4.69, 9.17) is 4.52 Å². The molecule has 1 atom stereocenters. The van der Waals surface area contributed by atoms with E-state index < -0.39 is 0 Å². The molecule has 0 aliphatic carbocycles. The minimum Gasteiger partial charge on any atom is -0.388 e. The van der Waals surface area contributed by atoms with E-state index in [1.54, 1.807) is 0 Å². The van der Waals surface area contributed by atoms with E-state index in [1.807, 2.05) is 31.2 Å². The zero-order chi connectivity index (χ0) is 13.9. The van der Waals surface area contributed by atoms with Crippen LogP contribution in [0.1, 0.15) is 43.1 Å². The number of aliphatic hydroxyl groups excluding tert-OH is 1. The summed E-state index contributed by atoms with van der Waals surface area (Å²) in [4.78, 5) is 6.58. The molecule has 106 valence electrons. The SMILES string of the molecule is CCc1nc(CN2CCCC(O)c3ccccc32)no1. The number of benzene rings is 1. The zero-order valence-electron chi connectivity index (χ0n) is 11.6. The summed E-state index contributed by atoms with van der Waals surface area (Å²) < 4.78 is 5.16. The van der Waals surface area contributed by atoms with Gasteiger partial charge in [-0.15, -0.1) is 0 Å². The van der Waals surface area contributed by atoms with E-state index in [9.17, 15) is 5.11 Å². The minimum absolute atomic E-state index is 0.382. The number of hydrogen-bond donors (Lipinski definition) is 1. The highest BCUT2D eigenvalue weighted by atomic mass is 16.5. The summed E-state index contributed by atoms with van der Waals surface area (Å²) >= 11 is 0. The first-order valence-corrected chi connectivity index (χ1v) is 7.11. The summed E-state index contributed by atoms with van der Waals surface area (Å²) in [6.45, 7) is 3.51. The average Bonchev–Trinajstić information content (AvgIpc) is 2.87. The van der Waals surface area contributed by atoms with Crippen LogP contribution >= 0.6 is 0 Å². The molecule has 3 rings (SSSR count). The second-order valence-corrected chi connectivity index (χ2v) is 5.10. The Morgan fingerprint density at radius 3 is 3.05 bits per heavy atom. The molecular formula is C15H19N3O2. The van der Waals surface area contributed by atoms with Gasteiger partial charge < -0.3 is 14.5 Å². The molecule has 0 bridgehead atoms. The highest BCUT2D eigenvalue weighted by Gasteiger charge is 2.22. The van der Waals surface area contributed by atoms with Gasteiger partial charge in [-0.3, -0.25) is 0 Å². The quantitative estimate of drug-likeness (QED) is 0.930. The fraction of sp³-hybridized carbons (Fsp3) is 0.467. The van der Waals surface area contributed by atoms with Crippen LogP contribution in [0.5, 0.6) is 0 Å². The molecule has 0 amide bonds. The van der Waals surface area contributed by atoms with Gasteiger partial charge in [-0.2, -0.15) is 4.98 Å². The smallest absolute Gasteiger partial charge is 0.226 e. The number of anilines is 1. The van der Waals surface area contributed by atoms with Crippen molar-refractivity contribution in [2.75, 3.05) is 11.4 Å². The Balaban J connectivity index is 1.87. The molecule has 2 heterocycles. The summed E-state index contributed by atoms with van der Waals surface area (Å²) in [7, 11) is 0. The van der Waals surface area contributed by atoms with Gasteiger partial charge in [0.1, 0.15) is 0 Å². The molecular weight excluding hydrogens is 254 g/mol. The first kappa shape index (κ1) is 13.1. The molecule has 0 radical (unpaired) electrons. The summed E-state index contributed by atoms with van der Waals surface area (Å²) in [5, 5.41) is 14.2. The number of fused-ring (bicyclic) bond motifs is 1. The summed E-state index contributed by atoms with van der Waals surface area (Å²) in [5.74, 6) is 1.37. The fourth-order valence-electron chi connectivity index (χ4n) is 2.64. The van der Waals surface area contributed by atoms with Crippen molar-refractivity contribution in [3.05, 3.63) is 41.5 Å². The fourth-order valence-corrected chi connectivity index (χ4v) is 2.64. The van der Waals surface area contributed by atoms with E-state index in [1.165, 1.54) is 0 Å². The lowest BCUT2D eigenvalue weighted by Crippen LogP contribution is -2.24. The zero-order valence-corrected chi connectivity index (χ0v) is 11.6. The highest BCUT2D eigenvalue weighted by Crippen LogP contribution is 2.33. The van der Waals surface area contributed by atoms with Gasteiger partial charge in [-0.1, -0.05) is 30.3 Å². The Labute approximate surface area is 118 Å². The molecule has 1 aliphatic rings. The number of para-hydroxylation sites is 1. The Morgan fingerprint density at radius 1 is 1.40 bits per heavy atom. The number of nitrogens with zero attached hydrogens (tertiary/aromatic N) is 3. The molecule has 0 fully saturated rings. The van der Waals surface area contributed by atoms with Crippen molar-refractivity contribution in [2.45, 2.75) is 38.8 Å². The van der Waals surface area contributed by atoms with E-state index in [0.29, 0.717) is 18.3 Å². The Bertz CT molecular complexity index is 582. The summed E-state index contributed by atoms with van der Waals surface area (Å²) in [5.41, 5.74) is 2.06. The number of hydrogen-bond acceptors (Lipinski definition) is 5. The molecule has 5 heteroatoms. The summed E-state index contributed by atoms with van der Waals surface area (Å²) in [6.07, 6.45) is 2.11. The normalized spacial score (nSPS) is 18.7. The van der Waals surface area contributed by atoms with Crippen LogP contribution < -0.4 is 4.90 Å². The van der Waals surface area contributed by atoms with Crippen LogP contribution in [0.2, 0.25) is 0 Å². The van der Waals surface area contributed by atoms with Gasteiger partial charge in [0.15, 0.2) is 5.82 Å². The lowest BCUT2D eigenvalue weighted by atomic mass is 10.0. The van der Waals surface area contributed by atoms with E-state index in [-0.39, 0.29) is 6.10 Å². The van der Waals surface area contributed by atoms with Crippen LogP contribution in [0.4, 0.5) is 5.69 Å². The van der Waals surface area contributed by atoms with E-state index in [2.05, 4.69) is 15.0 Å². The van der Waals surface area contributed by atoms with Gasteiger partial charge in [0, 0.05) is 24.2 Å². The molecule has 0 saturated heterocycles. The predicted octanol–water partition coefficient (Wildman–Crippen LogP) is 2.47. The molecule has 1 aromatic carbocycles. The third-order valence-electron chi connectivity index (χ3n) is 3.69. The topological polar surface area (TPSA) is 62.4 Å². The van der Waals surface area contributed by atoms with Gasteiger partial charge in [0.2, 0.25) is 5.89 Å². The van der Waals surface area contributed by atoms with Crippen molar-refractivity contribution >= 4 is 5.69 Å². The standard InChI is InChI=1S/C15H19N3O2/c1-2-15-16-14(17-20-15)10-18-9-5-8-13(19)11-6-3-4-7-12(11)18/h3-4,6-7,13,19H,2,5,8-10H2,1H3. The third-order valence-corrected chi connectivity index (χ3v) is 3.69. The Kier molecular flexibility index (Phi) is 3.69. The number of aliphatic hydroxyl groups is 1. The first-order chi connectivity index (χ1) is 9.78. The van der Waals surface area contributed by atoms with Crippen molar-refractivity contribution < 1.29 is 9.63 Å². The molecule has 1 unspecified atom stereocenters. The maximum Gasteiger partial charge on any atom is 0.226 e. The molecule has 1 aromatic heterocycles. The van der Waals surface area contributed by atoms with E-state index >= 15 is 0 Å². The second kappa shape index (κ2) is 5.63. The van der Waals surface area contributed by atoms with Gasteiger partial charge in [0.05, 0.1) is 12.6 Å². The van der Waals surface area contributed by atoms with Crippen LogP contribution in [0.25, 0.3) is 0 Å². The van der Waals surface area contributed by atoms with Crippen LogP contribution in [0, 0.1) is 0 Å². The van der Waals surface area contributed by atoms with Gasteiger partial charge in [0.25, 0.3) is 0 Å². The molecule has 0 saturated carbocycles. The average molecular weight is 273 g/mol. The largest absolute Gasteiger partial charge is 0.388 e. The van der Waals surface area contributed by atoms with Crippen LogP contribution in [-0.4, -0.2) is 21.8 Å². The Hall–Kier alpha value is -1.88. The minimum atomic E-state index is -0.382. The number of aromatic nitrogens is 2. The second-order valence-electron chi connectivity index (χ2n) is 5.10. The molecule has 0 spiro atoms. The predicted molar refractivity (Wildman–Crippen MR) is 75.4 cm³/mol. The summed E-state index contributed by atoms with van der Waals surface area (Å²) in [6, 6.07) is 8.00. The van der Waals surface area contributed by atoms with Crippen LogP contribution in [0.3, 0.4) is 0 Å². The number of aryl methyl sites for hydroxylation is 1. The maximum absolute atomic E-state index is 10.2. The van der Waals surface area contributed by atoms with Gasteiger partial charge in [-0.05, 0) is 18.9 Å². The molecule has 2 aromatic rings. The van der Waals surface area contributed by atoms with Gasteiger partial charge >= 0.3 is 0 Å². The monoisotopic (exact) mass is 273 g/mol. The van der Waals surface area contributed by atoms with Crippen molar-refractivity contribution in [1.82, 2.24) is 10.1 Å². The van der Waals surface area contributed by atoms with E-state index in [0.717, 1.165) is 37.1 Å². The Morgan fingerprint density at radius 2 is 2.25 bits per heavy atom. The van der Waals surface area contributed by atoms with Crippen molar-refractivity contribution in [3.8, 4) is 0 Å². The van der Waals surface area contributed by atoms with Crippen LogP contribution in [0.15, 0.2) is 28.8 Å². The third kappa shape index (κ3) is 2.54. The molecule has 20 heavy (non-hydrogen) atoms. The van der Waals surface area contributed by atoms with Gasteiger partial charge in [-0.25, -0.2) is 0 Å².